The van der Waals surface area contributed by atoms with Gasteiger partial charge in [0, 0.05) is 6.04 Å². The molecule has 1 aliphatic heterocycles. The number of primary amides is 1. The Bertz CT molecular complexity index is 166. The molecule has 2 atom stereocenters. The fraction of sp³-hybridized carbons (Fsp3) is 0.889. The predicted molar refractivity (Wildman–Crippen MR) is 52.4 cm³/mol. The molecule has 0 bridgehead atoms. The number of piperidine rings is 1. The molecule has 0 spiro atoms. The number of carbonyl (C=O) groups is 1. The van der Waals surface area contributed by atoms with Crippen molar-refractivity contribution in [3.05, 3.63) is 0 Å². The van der Waals surface area contributed by atoms with Crippen LogP contribution in [-0.4, -0.2) is 25.2 Å². The van der Waals surface area contributed by atoms with Crippen LogP contribution in [0.5, 0.6) is 0 Å². The zero-order valence-electron chi connectivity index (χ0n) is 8.18. The Labute approximate surface area is 79.3 Å². The molecule has 0 aromatic heterocycles. The number of rotatable bonds is 3. The first-order valence-corrected chi connectivity index (χ1v) is 4.95. The van der Waals surface area contributed by atoms with Gasteiger partial charge in [0.25, 0.3) is 0 Å². The Morgan fingerprint density at radius 3 is 3.08 bits per heavy atom. The highest BCUT2D eigenvalue weighted by Gasteiger charge is 2.16. The van der Waals surface area contributed by atoms with Gasteiger partial charge in [-0.15, -0.1) is 0 Å². The van der Waals surface area contributed by atoms with Crippen molar-refractivity contribution < 1.29 is 4.79 Å². The van der Waals surface area contributed by atoms with E-state index in [0.29, 0.717) is 5.92 Å². The standard InChI is InChI=1S/C9H19N3O/c1-7(12-9(10)13)5-8-3-2-4-11-6-8/h7-8,11H,2-6H2,1H3,(H3,10,12,13). The lowest BCUT2D eigenvalue weighted by Crippen LogP contribution is -2.40. The van der Waals surface area contributed by atoms with Crippen LogP contribution in [0.1, 0.15) is 26.2 Å². The van der Waals surface area contributed by atoms with E-state index in [2.05, 4.69) is 10.6 Å². The maximum atomic E-state index is 10.5. The number of nitrogens with one attached hydrogen (secondary N) is 2. The second-order valence-corrected chi connectivity index (χ2v) is 3.86. The zero-order chi connectivity index (χ0) is 9.68. The Balaban J connectivity index is 2.18. The second-order valence-electron chi connectivity index (χ2n) is 3.86. The third-order valence-corrected chi connectivity index (χ3v) is 2.47. The molecule has 0 aromatic rings. The van der Waals surface area contributed by atoms with E-state index < -0.39 is 6.03 Å². The molecular formula is C9H19N3O. The molecule has 1 fully saturated rings. The molecule has 0 aromatic carbocycles. The SMILES string of the molecule is CC(CC1CCCNC1)NC(N)=O. The molecule has 0 saturated carbocycles. The Kier molecular flexibility index (Phi) is 4.02. The van der Waals surface area contributed by atoms with Gasteiger partial charge >= 0.3 is 6.03 Å². The van der Waals surface area contributed by atoms with Crippen LogP contribution in [-0.2, 0) is 0 Å². The Morgan fingerprint density at radius 1 is 1.77 bits per heavy atom. The summed E-state index contributed by atoms with van der Waals surface area (Å²) >= 11 is 0. The highest BCUT2D eigenvalue weighted by Crippen LogP contribution is 2.15. The zero-order valence-corrected chi connectivity index (χ0v) is 8.18. The summed E-state index contributed by atoms with van der Waals surface area (Å²) in [6.07, 6.45) is 3.53. The van der Waals surface area contributed by atoms with Crippen molar-refractivity contribution in [1.29, 1.82) is 0 Å². The van der Waals surface area contributed by atoms with Crippen LogP contribution in [0.2, 0.25) is 0 Å². The van der Waals surface area contributed by atoms with Gasteiger partial charge in [-0.2, -0.15) is 0 Å². The van der Waals surface area contributed by atoms with E-state index in [1.165, 1.54) is 12.8 Å². The second kappa shape index (κ2) is 5.07. The maximum absolute atomic E-state index is 10.5. The maximum Gasteiger partial charge on any atom is 0.312 e. The van der Waals surface area contributed by atoms with Crippen LogP contribution in [0.25, 0.3) is 0 Å². The first kappa shape index (κ1) is 10.3. The topological polar surface area (TPSA) is 67.2 Å². The third kappa shape index (κ3) is 4.12. The molecule has 13 heavy (non-hydrogen) atoms. The summed E-state index contributed by atoms with van der Waals surface area (Å²) in [6, 6.07) is -0.223. The van der Waals surface area contributed by atoms with Gasteiger partial charge in [-0.3, -0.25) is 0 Å². The molecule has 1 saturated heterocycles. The van der Waals surface area contributed by atoms with Gasteiger partial charge in [0.1, 0.15) is 0 Å². The van der Waals surface area contributed by atoms with Crippen LogP contribution in [0, 0.1) is 5.92 Å². The summed E-state index contributed by atoms with van der Waals surface area (Å²) in [5, 5.41) is 6.05. The molecule has 1 rings (SSSR count). The lowest BCUT2D eigenvalue weighted by Gasteiger charge is -2.25. The minimum Gasteiger partial charge on any atom is -0.352 e. The molecular weight excluding hydrogens is 166 g/mol. The van der Waals surface area contributed by atoms with Crippen molar-refractivity contribution in [2.24, 2.45) is 11.7 Å². The highest BCUT2D eigenvalue weighted by molar-refractivity contribution is 5.71. The molecule has 4 heteroatoms. The minimum atomic E-state index is -0.420. The average Bonchev–Trinajstić information content (AvgIpc) is 2.04. The molecule has 0 radical (unpaired) electrons. The number of hydrogen-bond donors (Lipinski definition) is 3. The molecule has 1 heterocycles. The van der Waals surface area contributed by atoms with Gasteiger partial charge in [-0.05, 0) is 45.2 Å². The fourth-order valence-electron chi connectivity index (χ4n) is 1.93. The first-order chi connectivity index (χ1) is 6.18. The van der Waals surface area contributed by atoms with Crippen LogP contribution in [0.3, 0.4) is 0 Å². The van der Waals surface area contributed by atoms with Crippen molar-refractivity contribution in [3.63, 3.8) is 0 Å². The van der Waals surface area contributed by atoms with Crippen molar-refractivity contribution in [2.45, 2.75) is 32.2 Å². The summed E-state index contributed by atoms with van der Waals surface area (Å²) in [5.41, 5.74) is 5.03. The van der Waals surface area contributed by atoms with Crippen LogP contribution >= 0.6 is 0 Å². The largest absolute Gasteiger partial charge is 0.352 e. The normalized spacial score (nSPS) is 25.2. The lowest BCUT2D eigenvalue weighted by molar-refractivity contribution is 0.241. The van der Waals surface area contributed by atoms with Gasteiger partial charge < -0.3 is 16.4 Å². The molecule has 2 unspecified atom stereocenters. The lowest BCUT2D eigenvalue weighted by atomic mass is 9.93. The smallest absolute Gasteiger partial charge is 0.312 e. The third-order valence-electron chi connectivity index (χ3n) is 2.47. The average molecular weight is 185 g/mol. The number of carbonyl (C=O) groups excluding carboxylic acids is 1. The Morgan fingerprint density at radius 2 is 2.54 bits per heavy atom. The van der Waals surface area contributed by atoms with Crippen LogP contribution in [0.15, 0.2) is 0 Å². The molecule has 1 aliphatic rings. The summed E-state index contributed by atoms with van der Waals surface area (Å²) in [4.78, 5) is 10.5. The van der Waals surface area contributed by atoms with E-state index in [-0.39, 0.29) is 6.04 Å². The van der Waals surface area contributed by atoms with Crippen molar-refractivity contribution in [1.82, 2.24) is 10.6 Å². The van der Waals surface area contributed by atoms with E-state index in [9.17, 15) is 4.79 Å². The monoisotopic (exact) mass is 185 g/mol. The molecule has 4 N–H and O–H groups in total. The summed E-state index contributed by atoms with van der Waals surface area (Å²) in [6.45, 7) is 4.21. The fourth-order valence-corrected chi connectivity index (χ4v) is 1.93. The minimum absolute atomic E-state index is 0.197. The van der Waals surface area contributed by atoms with E-state index in [4.69, 9.17) is 5.73 Å². The quantitative estimate of drug-likeness (QED) is 0.597. The highest BCUT2D eigenvalue weighted by atomic mass is 16.2. The molecule has 2 amide bonds. The van der Waals surface area contributed by atoms with Crippen molar-refractivity contribution >= 4 is 6.03 Å². The van der Waals surface area contributed by atoms with Gasteiger partial charge in [0.05, 0.1) is 0 Å². The van der Waals surface area contributed by atoms with E-state index in [1.807, 2.05) is 6.92 Å². The van der Waals surface area contributed by atoms with Gasteiger partial charge in [0.15, 0.2) is 0 Å². The summed E-state index contributed by atoms with van der Waals surface area (Å²) < 4.78 is 0. The van der Waals surface area contributed by atoms with E-state index >= 15 is 0 Å². The van der Waals surface area contributed by atoms with Gasteiger partial charge in [0.2, 0.25) is 0 Å². The number of urea groups is 1. The van der Waals surface area contributed by atoms with Crippen molar-refractivity contribution in [3.8, 4) is 0 Å². The van der Waals surface area contributed by atoms with Gasteiger partial charge in [-0.25, -0.2) is 4.79 Å². The number of hydrogen-bond acceptors (Lipinski definition) is 2. The molecule has 4 nitrogen and oxygen atoms in total. The molecule has 0 aliphatic carbocycles. The van der Waals surface area contributed by atoms with Gasteiger partial charge in [-0.1, -0.05) is 0 Å². The predicted octanol–water partition coefficient (Wildman–Crippen LogP) is 0.433. The van der Waals surface area contributed by atoms with Crippen molar-refractivity contribution in [2.75, 3.05) is 13.1 Å². The van der Waals surface area contributed by atoms with Crippen LogP contribution < -0.4 is 16.4 Å². The summed E-state index contributed by atoms with van der Waals surface area (Å²) in [5.74, 6) is 0.690. The summed E-state index contributed by atoms with van der Waals surface area (Å²) in [7, 11) is 0. The van der Waals surface area contributed by atoms with Crippen LogP contribution in [0.4, 0.5) is 4.79 Å². The molecule has 76 valence electrons. The first-order valence-electron chi connectivity index (χ1n) is 4.95. The van der Waals surface area contributed by atoms with E-state index in [0.717, 1.165) is 19.5 Å². The number of amides is 2. The Hall–Kier alpha value is -0.770. The number of nitrogens with two attached hydrogens (primary N) is 1. The van der Waals surface area contributed by atoms with E-state index in [1.54, 1.807) is 0 Å².